The Morgan fingerprint density at radius 1 is 1.12 bits per heavy atom. The van der Waals surface area contributed by atoms with E-state index in [4.69, 9.17) is 5.73 Å². The number of halogens is 1. The summed E-state index contributed by atoms with van der Waals surface area (Å²) in [5.41, 5.74) is 8.36. The van der Waals surface area contributed by atoms with Gasteiger partial charge in [0.25, 0.3) is 0 Å². The number of nitrogens with zero attached hydrogens (tertiary/aromatic N) is 1. The van der Waals surface area contributed by atoms with Crippen LogP contribution < -0.4 is 5.73 Å². The van der Waals surface area contributed by atoms with Crippen LogP contribution in [0.25, 0.3) is 0 Å². The van der Waals surface area contributed by atoms with Gasteiger partial charge in [-0.1, -0.05) is 29.8 Å². The molecule has 0 saturated heterocycles. The second-order valence-electron chi connectivity index (χ2n) is 4.43. The minimum Gasteiger partial charge on any atom is -0.317 e. The van der Waals surface area contributed by atoms with Crippen molar-refractivity contribution < 1.29 is 4.39 Å². The molecule has 17 heavy (non-hydrogen) atoms. The highest BCUT2D eigenvalue weighted by molar-refractivity contribution is 5.34. The average molecular weight is 230 g/mol. The lowest BCUT2D eigenvalue weighted by Crippen LogP contribution is -2.35. The Kier molecular flexibility index (Phi) is 2.94. The van der Waals surface area contributed by atoms with E-state index >= 15 is 0 Å². The number of aromatic nitrogens is 1. The van der Waals surface area contributed by atoms with E-state index in [0.29, 0.717) is 5.69 Å². The van der Waals surface area contributed by atoms with Gasteiger partial charge in [0.15, 0.2) is 0 Å². The summed E-state index contributed by atoms with van der Waals surface area (Å²) in [5.74, 6) is -0.353. The van der Waals surface area contributed by atoms with E-state index in [1.165, 1.54) is 17.8 Å². The standard InChI is InChI=1S/C14H15FN2/c1-10-3-5-11(6-4-10)14(2,16)13-8-7-12(15)9-17-13/h3-9H,16H2,1-2H3. The molecule has 2 N–H and O–H groups in total. The lowest BCUT2D eigenvalue weighted by Gasteiger charge is -2.24. The van der Waals surface area contributed by atoms with Crippen molar-refractivity contribution in [3.05, 3.63) is 65.2 Å². The zero-order chi connectivity index (χ0) is 12.5. The van der Waals surface area contributed by atoms with Crippen molar-refractivity contribution in [2.75, 3.05) is 0 Å². The number of benzene rings is 1. The summed E-state index contributed by atoms with van der Waals surface area (Å²) in [6.07, 6.45) is 1.19. The third kappa shape index (κ3) is 2.34. The van der Waals surface area contributed by atoms with Crippen molar-refractivity contribution in [1.82, 2.24) is 4.98 Å². The zero-order valence-corrected chi connectivity index (χ0v) is 9.94. The minimum atomic E-state index is -0.707. The van der Waals surface area contributed by atoms with Crippen molar-refractivity contribution in [2.24, 2.45) is 5.73 Å². The molecule has 0 amide bonds. The predicted octanol–water partition coefficient (Wildman–Crippen LogP) is 2.75. The lowest BCUT2D eigenvalue weighted by atomic mass is 9.89. The molecule has 0 aliphatic rings. The van der Waals surface area contributed by atoms with Gasteiger partial charge in [0, 0.05) is 0 Å². The van der Waals surface area contributed by atoms with Gasteiger partial charge in [-0.15, -0.1) is 0 Å². The van der Waals surface area contributed by atoms with E-state index < -0.39 is 5.54 Å². The topological polar surface area (TPSA) is 38.9 Å². The number of nitrogens with two attached hydrogens (primary N) is 1. The summed E-state index contributed by atoms with van der Waals surface area (Å²) in [6, 6.07) is 10.9. The van der Waals surface area contributed by atoms with Gasteiger partial charge < -0.3 is 5.73 Å². The molecule has 88 valence electrons. The Bertz CT molecular complexity index is 453. The van der Waals surface area contributed by atoms with Crippen molar-refractivity contribution in [2.45, 2.75) is 19.4 Å². The summed E-state index contributed by atoms with van der Waals surface area (Å²) in [7, 11) is 0. The van der Waals surface area contributed by atoms with Crippen LogP contribution in [0.2, 0.25) is 0 Å². The molecule has 0 radical (unpaired) electrons. The maximum Gasteiger partial charge on any atom is 0.141 e. The summed E-state index contributed by atoms with van der Waals surface area (Å²) >= 11 is 0. The maximum atomic E-state index is 12.8. The molecule has 0 spiro atoms. The first-order valence-electron chi connectivity index (χ1n) is 5.48. The summed E-state index contributed by atoms with van der Waals surface area (Å²) in [6.45, 7) is 3.89. The van der Waals surface area contributed by atoms with Gasteiger partial charge in [-0.25, -0.2) is 4.39 Å². The van der Waals surface area contributed by atoms with Crippen molar-refractivity contribution >= 4 is 0 Å². The normalized spacial score (nSPS) is 14.4. The van der Waals surface area contributed by atoms with Crippen LogP contribution in [0, 0.1) is 12.7 Å². The fourth-order valence-electron chi connectivity index (χ4n) is 1.73. The highest BCUT2D eigenvalue weighted by Gasteiger charge is 2.24. The van der Waals surface area contributed by atoms with Gasteiger partial charge in [0.05, 0.1) is 17.4 Å². The van der Waals surface area contributed by atoms with Crippen LogP contribution in [0.15, 0.2) is 42.6 Å². The molecule has 1 atom stereocenters. The number of hydrogen-bond donors (Lipinski definition) is 1. The van der Waals surface area contributed by atoms with Gasteiger partial charge in [0.1, 0.15) is 5.82 Å². The average Bonchev–Trinajstić information content (AvgIpc) is 2.30. The molecule has 0 bridgehead atoms. The molecule has 0 aliphatic carbocycles. The summed E-state index contributed by atoms with van der Waals surface area (Å²) < 4.78 is 12.8. The fraction of sp³-hybridized carbons (Fsp3) is 0.214. The number of rotatable bonds is 2. The molecule has 1 aromatic heterocycles. The van der Waals surface area contributed by atoms with Gasteiger partial charge in [0.2, 0.25) is 0 Å². The third-order valence-corrected chi connectivity index (χ3v) is 2.91. The molecule has 2 aromatic rings. The van der Waals surface area contributed by atoms with E-state index in [9.17, 15) is 4.39 Å². The van der Waals surface area contributed by atoms with E-state index in [1.807, 2.05) is 38.1 Å². The molecular formula is C14H15FN2. The SMILES string of the molecule is Cc1ccc(C(C)(N)c2ccc(F)cn2)cc1. The Morgan fingerprint density at radius 2 is 1.76 bits per heavy atom. The van der Waals surface area contributed by atoms with Crippen LogP contribution in [0.3, 0.4) is 0 Å². The van der Waals surface area contributed by atoms with Crippen LogP contribution in [-0.2, 0) is 5.54 Å². The minimum absolute atomic E-state index is 0.353. The molecule has 0 saturated carbocycles. The molecule has 1 heterocycles. The lowest BCUT2D eigenvalue weighted by molar-refractivity contribution is 0.567. The van der Waals surface area contributed by atoms with Crippen LogP contribution in [0.5, 0.6) is 0 Å². The largest absolute Gasteiger partial charge is 0.317 e. The highest BCUT2D eigenvalue weighted by Crippen LogP contribution is 2.25. The van der Waals surface area contributed by atoms with Crippen LogP contribution in [-0.4, -0.2) is 4.98 Å². The second kappa shape index (κ2) is 4.26. The first-order chi connectivity index (χ1) is 8.00. The molecular weight excluding hydrogens is 215 g/mol. The zero-order valence-electron chi connectivity index (χ0n) is 9.94. The third-order valence-electron chi connectivity index (χ3n) is 2.91. The van der Waals surface area contributed by atoms with Crippen molar-refractivity contribution in [1.29, 1.82) is 0 Å². The van der Waals surface area contributed by atoms with Gasteiger partial charge in [-0.3, -0.25) is 4.98 Å². The van der Waals surface area contributed by atoms with Gasteiger partial charge in [-0.05, 0) is 31.5 Å². The molecule has 0 aliphatic heterocycles. The van der Waals surface area contributed by atoms with E-state index in [2.05, 4.69) is 4.98 Å². The van der Waals surface area contributed by atoms with E-state index in [0.717, 1.165) is 5.56 Å². The number of pyridine rings is 1. The number of aryl methyl sites for hydroxylation is 1. The Labute approximate surface area is 100 Å². The Balaban J connectivity index is 2.41. The Hall–Kier alpha value is -1.74. The monoisotopic (exact) mass is 230 g/mol. The molecule has 1 unspecified atom stereocenters. The highest BCUT2D eigenvalue weighted by atomic mass is 19.1. The van der Waals surface area contributed by atoms with Crippen molar-refractivity contribution in [3.63, 3.8) is 0 Å². The first-order valence-corrected chi connectivity index (χ1v) is 5.48. The smallest absolute Gasteiger partial charge is 0.141 e. The first kappa shape index (κ1) is 11.7. The number of hydrogen-bond acceptors (Lipinski definition) is 2. The predicted molar refractivity (Wildman–Crippen MR) is 66.0 cm³/mol. The molecule has 2 rings (SSSR count). The summed E-state index contributed by atoms with van der Waals surface area (Å²) in [4.78, 5) is 4.05. The quantitative estimate of drug-likeness (QED) is 0.861. The molecule has 1 aromatic carbocycles. The summed E-state index contributed by atoms with van der Waals surface area (Å²) in [5, 5.41) is 0. The van der Waals surface area contributed by atoms with Crippen LogP contribution >= 0.6 is 0 Å². The Morgan fingerprint density at radius 3 is 2.29 bits per heavy atom. The van der Waals surface area contributed by atoms with Crippen LogP contribution in [0.1, 0.15) is 23.7 Å². The van der Waals surface area contributed by atoms with Gasteiger partial charge >= 0.3 is 0 Å². The second-order valence-corrected chi connectivity index (χ2v) is 4.43. The molecule has 2 nitrogen and oxygen atoms in total. The molecule has 3 heteroatoms. The fourth-order valence-corrected chi connectivity index (χ4v) is 1.73. The van der Waals surface area contributed by atoms with Crippen molar-refractivity contribution in [3.8, 4) is 0 Å². The van der Waals surface area contributed by atoms with Gasteiger partial charge in [-0.2, -0.15) is 0 Å². The van der Waals surface area contributed by atoms with E-state index in [-0.39, 0.29) is 5.82 Å². The maximum absolute atomic E-state index is 12.8. The molecule has 0 fully saturated rings. The van der Waals surface area contributed by atoms with E-state index in [1.54, 1.807) is 6.07 Å². The van der Waals surface area contributed by atoms with Crippen LogP contribution in [0.4, 0.5) is 4.39 Å².